The number of fused-ring (bicyclic) bond motifs is 6. The molecule has 3 aromatic rings. The maximum atomic E-state index is 12.2. The van der Waals surface area contributed by atoms with Gasteiger partial charge in [0.25, 0.3) is 0 Å². The molecule has 9 aliphatic rings. The van der Waals surface area contributed by atoms with Crippen molar-refractivity contribution in [3.8, 4) is 0 Å². The lowest BCUT2D eigenvalue weighted by molar-refractivity contribution is 0.163. The van der Waals surface area contributed by atoms with Crippen molar-refractivity contribution in [1.29, 1.82) is 0 Å². The van der Waals surface area contributed by atoms with Crippen LogP contribution in [0, 0.1) is 5.92 Å². The highest BCUT2D eigenvalue weighted by Crippen LogP contribution is 2.42. The van der Waals surface area contributed by atoms with Crippen LogP contribution in [0.2, 0.25) is 0 Å². The molecule has 8 atom stereocenters. The van der Waals surface area contributed by atoms with Gasteiger partial charge >= 0.3 is 18.1 Å². The van der Waals surface area contributed by atoms with E-state index in [1.54, 1.807) is 0 Å². The summed E-state index contributed by atoms with van der Waals surface area (Å²) in [6.07, 6.45) is 13.3. The number of rotatable bonds is 7. The molecular weight excluding hydrogens is 799 g/mol. The summed E-state index contributed by atoms with van der Waals surface area (Å²) in [4.78, 5) is 47.7. The maximum Gasteiger partial charge on any atom is 0.320 e. The molecule has 62 heavy (non-hydrogen) atoms. The molecule has 6 aliphatic heterocycles. The Kier molecular flexibility index (Phi) is 10.8. The number of nitrogens with two attached hydrogens (primary N) is 3. The van der Waals surface area contributed by atoms with Gasteiger partial charge in [0.05, 0.1) is 18.1 Å². The maximum absolute atomic E-state index is 12.2. The van der Waals surface area contributed by atoms with E-state index in [4.69, 9.17) is 30.5 Å². The number of aromatic nitrogens is 6. The van der Waals surface area contributed by atoms with Gasteiger partial charge in [0, 0.05) is 77.2 Å². The number of hydrogen-bond acceptors (Lipinski definition) is 15. The van der Waals surface area contributed by atoms with Crippen LogP contribution in [-0.2, 0) is 6.42 Å². The lowest BCUT2D eigenvalue weighted by Gasteiger charge is -2.31. The minimum Gasteiger partial charge on any atom is -0.423 e. The fourth-order valence-corrected chi connectivity index (χ4v) is 11.2. The van der Waals surface area contributed by atoms with Crippen LogP contribution in [0.5, 0.6) is 0 Å². The summed E-state index contributed by atoms with van der Waals surface area (Å²) in [5, 5.41) is 25.1. The monoisotopic (exact) mass is 859 g/mol. The van der Waals surface area contributed by atoms with Gasteiger partial charge in [0.15, 0.2) is 0 Å². The Labute approximate surface area is 360 Å². The Morgan fingerprint density at radius 1 is 0.468 bits per heavy atom. The van der Waals surface area contributed by atoms with E-state index in [0.29, 0.717) is 71.3 Å². The third-order valence-corrected chi connectivity index (χ3v) is 15.3. The van der Waals surface area contributed by atoms with Crippen molar-refractivity contribution < 1.29 is 27.6 Å². The van der Waals surface area contributed by atoms with Gasteiger partial charge in [-0.15, -0.1) is 30.6 Å². The molecule has 21 heteroatoms. The lowest BCUT2D eigenvalue weighted by Crippen LogP contribution is -2.37. The average Bonchev–Trinajstić information content (AvgIpc) is 4.15. The van der Waals surface area contributed by atoms with Crippen LogP contribution in [0.3, 0.4) is 0 Å². The quantitative estimate of drug-likeness (QED) is 0.308. The Balaban J connectivity index is 0.000000111. The summed E-state index contributed by atoms with van der Waals surface area (Å²) in [5.74, 6) is 5.00. The van der Waals surface area contributed by atoms with Gasteiger partial charge < -0.3 is 59.9 Å². The second kappa shape index (κ2) is 16.3. The molecular formula is C41H61N15O6. The van der Waals surface area contributed by atoms with Crippen LogP contribution in [0.25, 0.3) is 0 Å². The molecule has 6 N–H and O–H groups in total. The van der Waals surface area contributed by atoms with E-state index in [9.17, 15) is 14.4 Å². The molecule has 6 saturated heterocycles. The van der Waals surface area contributed by atoms with E-state index in [0.717, 1.165) is 110 Å². The molecule has 3 aliphatic carbocycles. The van der Waals surface area contributed by atoms with E-state index in [2.05, 4.69) is 30.6 Å². The standard InChI is InChI=1S/2C14H21N5O2.C13H19N5O2/c1-18-10-2-3-11(19(7-10)14(18)20)13-17-16-12(21-13)6-8-4-9(15)5-8;1-18-10-4-5-11(19(7-10)14(18)20)13-17-16-12(21-13)8-2-3-9(15)6-8;1-17-9-2-3-10(18(6-9)13(17)19)12-16-15-11(20-12)7-4-8(14)5-7/h2*8-11H,2-7,15H2,1H3;7-10H,2-6,14H2,1H3/t8?,9?,10-,11+;8-,9+,10+,11-;7?,8?,9-,10+/m101/s1. The highest BCUT2D eigenvalue weighted by molar-refractivity contribution is 5.78. The second-order valence-electron chi connectivity index (χ2n) is 19.4. The van der Waals surface area contributed by atoms with Crippen molar-refractivity contribution >= 4 is 18.1 Å². The van der Waals surface area contributed by atoms with Crippen LogP contribution in [0.1, 0.15) is 149 Å². The number of likely N-dealkylation sites (N-methyl/N-ethyl adjacent to an activating group) is 3. The Hall–Kier alpha value is -4.89. The van der Waals surface area contributed by atoms with Crippen LogP contribution >= 0.6 is 0 Å². The molecule has 9 fully saturated rings. The molecule has 3 aromatic heterocycles. The molecule has 6 amide bonds. The first kappa shape index (κ1) is 41.1. The first-order valence-corrected chi connectivity index (χ1v) is 22.7. The van der Waals surface area contributed by atoms with Gasteiger partial charge in [0.1, 0.15) is 18.1 Å². The van der Waals surface area contributed by atoms with E-state index < -0.39 is 0 Å². The lowest BCUT2D eigenvalue weighted by atomic mass is 9.79. The minimum atomic E-state index is -0.0602. The first-order valence-electron chi connectivity index (χ1n) is 22.7. The second-order valence-corrected chi connectivity index (χ2v) is 19.4. The molecule has 21 nitrogen and oxygen atoms in total. The highest BCUT2D eigenvalue weighted by Gasteiger charge is 2.48. The highest BCUT2D eigenvalue weighted by atomic mass is 16.4. The zero-order valence-corrected chi connectivity index (χ0v) is 36.0. The predicted molar refractivity (Wildman–Crippen MR) is 219 cm³/mol. The smallest absolute Gasteiger partial charge is 0.320 e. The summed E-state index contributed by atoms with van der Waals surface area (Å²) < 4.78 is 17.5. The van der Waals surface area contributed by atoms with E-state index in [1.807, 2.05) is 50.5 Å². The van der Waals surface area contributed by atoms with Crippen molar-refractivity contribution in [3.63, 3.8) is 0 Å². The molecule has 0 spiro atoms. The average molecular weight is 860 g/mol. The largest absolute Gasteiger partial charge is 0.423 e. The number of hydrogen-bond donors (Lipinski definition) is 3. The van der Waals surface area contributed by atoms with Crippen LogP contribution in [0.15, 0.2) is 13.3 Å². The summed E-state index contributed by atoms with van der Waals surface area (Å²) in [6.45, 7) is 2.31. The molecule has 336 valence electrons. The van der Waals surface area contributed by atoms with Gasteiger partial charge in [-0.25, -0.2) is 14.4 Å². The van der Waals surface area contributed by atoms with Crippen molar-refractivity contribution in [3.05, 3.63) is 35.3 Å². The van der Waals surface area contributed by atoms with Gasteiger partial charge in [-0.3, -0.25) is 0 Å². The Morgan fingerprint density at radius 2 is 0.871 bits per heavy atom. The van der Waals surface area contributed by atoms with Gasteiger partial charge in [-0.05, 0) is 89.4 Å². The van der Waals surface area contributed by atoms with E-state index in [-0.39, 0.29) is 54.2 Å². The molecule has 9 heterocycles. The normalized spacial score (nSPS) is 35.8. The van der Waals surface area contributed by atoms with Gasteiger partial charge in [0.2, 0.25) is 35.3 Å². The number of piperidine rings is 3. The van der Waals surface area contributed by atoms with Gasteiger partial charge in [-0.2, -0.15) is 0 Å². The van der Waals surface area contributed by atoms with Crippen LogP contribution in [0.4, 0.5) is 14.4 Å². The van der Waals surface area contributed by atoms with Gasteiger partial charge in [-0.1, -0.05) is 0 Å². The Morgan fingerprint density at radius 3 is 1.31 bits per heavy atom. The fraction of sp³-hybridized carbons (Fsp3) is 0.780. The zero-order valence-electron chi connectivity index (χ0n) is 36.0. The van der Waals surface area contributed by atoms with Crippen molar-refractivity contribution in [1.82, 2.24) is 60.0 Å². The fourth-order valence-electron chi connectivity index (χ4n) is 11.2. The summed E-state index contributed by atoms with van der Waals surface area (Å²) in [6, 6.07) is 1.92. The van der Waals surface area contributed by atoms with Crippen molar-refractivity contribution in [2.75, 3.05) is 40.8 Å². The Bertz CT molecular complexity index is 2120. The molecule has 0 radical (unpaired) electrons. The SMILES string of the molecule is CN1C(=O)N2C[C@H]1CC[C@H]2c1nnc(C2CC(N)C2)o1.CN1C(=O)N2C[C@H]1CC[C@H]2c1nnc(CC2CC(N)C2)o1.CN1C(=O)N2C[C@H]1CC[C@H]2c1nnc([C@H]2CC[C@@H](N)C2)o1. The zero-order chi connectivity index (χ0) is 43.0. The molecule has 12 rings (SSSR count). The van der Waals surface area contributed by atoms with E-state index >= 15 is 0 Å². The minimum absolute atomic E-state index is 0.0522. The predicted octanol–water partition coefficient (Wildman–Crippen LogP) is 3.00. The molecule has 0 unspecified atom stereocenters. The summed E-state index contributed by atoms with van der Waals surface area (Å²) >= 11 is 0. The van der Waals surface area contributed by atoms with E-state index in [1.165, 1.54) is 0 Å². The summed E-state index contributed by atoms with van der Waals surface area (Å²) in [7, 11) is 5.60. The molecule has 3 saturated carbocycles. The number of carbonyl (C=O) groups is 3. The third kappa shape index (κ3) is 7.56. The van der Waals surface area contributed by atoms with Crippen LogP contribution < -0.4 is 17.2 Å². The molecule has 6 bridgehead atoms. The van der Waals surface area contributed by atoms with Crippen LogP contribution in [-0.4, -0.2) is 155 Å². The number of amides is 6. The first-order chi connectivity index (χ1) is 29.9. The van der Waals surface area contributed by atoms with Crippen molar-refractivity contribution in [2.45, 2.75) is 156 Å². The number of nitrogens with zero attached hydrogens (tertiary/aromatic N) is 12. The summed E-state index contributed by atoms with van der Waals surface area (Å²) in [5.41, 5.74) is 17.5. The van der Waals surface area contributed by atoms with Crippen molar-refractivity contribution in [2.24, 2.45) is 23.1 Å². The third-order valence-electron chi connectivity index (χ3n) is 15.3. The molecule has 0 aromatic carbocycles. The number of urea groups is 3. The number of carbonyl (C=O) groups excluding carboxylic acids is 3. The topological polar surface area (TPSA) is 265 Å².